The number of hydrogen-bond acceptors (Lipinski definition) is 4. The van der Waals surface area contributed by atoms with E-state index in [1.54, 1.807) is 0 Å². The Morgan fingerprint density at radius 3 is 2.83 bits per heavy atom. The minimum atomic E-state index is -0.748. The van der Waals surface area contributed by atoms with Crippen molar-refractivity contribution in [1.82, 2.24) is 4.98 Å². The van der Waals surface area contributed by atoms with Gasteiger partial charge in [0.05, 0.1) is 0 Å². The van der Waals surface area contributed by atoms with E-state index in [-0.39, 0.29) is 0 Å². The van der Waals surface area contributed by atoms with Gasteiger partial charge in [-0.05, 0) is 28.1 Å². The highest BCUT2D eigenvalue weighted by Crippen LogP contribution is 2.22. The van der Waals surface area contributed by atoms with Crippen molar-refractivity contribution in [2.45, 2.75) is 0 Å². The molecule has 0 radical (unpaired) electrons. The van der Waals surface area contributed by atoms with Crippen LogP contribution in [0.25, 0.3) is 6.08 Å². The van der Waals surface area contributed by atoms with Crippen LogP contribution in [0.1, 0.15) is 5.69 Å². The maximum Gasteiger partial charge on any atom is 0.406 e. The lowest BCUT2D eigenvalue weighted by Gasteiger charge is -1.94. The zero-order valence-corrected chi connectivity index (χ0v) is 6.10. The van der Waals surface area contributed by atoms with Gasteiger partial charge in [0, 0.05) is 0 Å². The Hall–Kier alpha value is -1.91. The molecule has 0 atom stereocenters. The highest BCUT2D eigenvalue weighted by Gasteiger charge is 2.14. The molecular weight excluding hydrogens is 160 g/mol. The first-order valence-electron chi connectivity index (χ1n) is 3.12. The van der Waals surface area contributed by atoms with Crippen LogP contribution in [0.15, 0.2) is 18.7 Å². The number of pyridine rings is 1. The number of hydrogen-bond donors (Lipinski definition) is 1. The van der Waals surface area contributed by atoms with Crippen molar-refractivity contribution >= 4 is 11.9 Å². The monoisotopic (exact) mass is 166 g/mol. The Labute approximate surface area is 68.1 Å². The molecule has 0 fully saturated rings. The van der Waals surface area contributed by atoms with Crippen molar-refractivity contribution in [1.29, 1.82) is 0 Å². The molecule has 5 nitrogen and oxygen atoms in total. The first-order chi connectivity index (χ1) is 5.65. The minimum absolute atomic E-state index is 0.361. The lowest BCUT2D eigenvalue weighted by atomic mass is 10.3. The summed E-state index contributed by atoms with van der Waals surface area (Å²) >= 11 is 0. The smallest absolute Gasteiger partial charge is 0.406 e. The van der Waals surface area contributed by atoms with Gasteiger partial charge in [-0.3, -0.25) is 0 Å². The Bertz CT molecular complexity index is 335. The van der Waals surface area contributed by atoms with Crippen molar-refractivity contribution in [3.63, 3.8) is 0 Å². The quantitative estimate of drug-likeness (QED) is 0.531. The lowest BCUT2D eigenvalue weighted by molar-refractivity contribution is -0.390. The maximum absolute atomic E-state index is 10.2. The topological polar surface area (TPSA) is 76.3 Å². The van der Waals surface area contributed by atoms with E-state index in [0.717, 1.165) is 0 Å². The first-order valence-corrected chi connectivity index (χ1v) is 3.12. The summed E-state index contributed by atoms with van der Waals surface area (Å²) < 4.78 is 0. The first kappa shape index (κ1) is 8.19. The molecule has 1 heterocycles. The van der Waals surface area contributed by atoms with Crippen LogP contribution < -0.4 is 0 Å². The van der Waals surface area contributed by atoms with Gasteiger partial charge in [0.25, 0.3) is 0 Å². The summed E-state index contributed by atoms with van der Waals surface area (Å²) in [5.74, 6) is -0.988. The van der Waals surface area contributed by atoms with Gasteiger partial charge in [0.1, 0.15) is 0 Å². The van der Waals surface area contributed by atoms with Crippen LogP contribution in [0.4, 0.5) is 5.82 Å². The van der Waals surface area contributed by atoms with Crippen LogP contribution in [-0.4, -0.2) is 15.0 Å². The Balaban J connectivity index is 3.25. The van der Waals surface area contributed by atoms with Crippen LogP contribution in [0.2, 0.25) is 0 Å². The second-order valence-corrected chi connectivity index (χ2v) is 2.04. The molecule has 0 aromatic carbocycles. The van der Waals surface area contributed by atoms with E-state index < -0.39 is 16.5 Å². The van der Waals surface area contributed by atoms with Gasteiger partial charge < -0.3 is 15.2 Å². The molecular formula is C7H6N2O3. The molecule has 0 unspecified atom stereocenters. The van der Waals surface area contributed by atoms with E-state index in [0.29, 0.717) is 5.69 Å². The van der Waals surface area contributed by atoms with Gasteiger partial charge in [-0.25, -0.2) is 0 Å². The average molecular weight is 166 g/mol. The van der Waals surface area contributed by atoms with E-state index in [1.807, 2.05) is 0 Å². The van der Waals surface area contributed by atoms with Gasteiger partial charge in [-0.1, -0.05) is 6.58 Å². The van der Waals surface area contributed by atoms with Gasteiger partial charge >= 0.3 is 5.82 Å². The molecule has 5 heteroatoms. The second kappa shape index (κ2) is 3.00. The fraction of sp³-hybridized carbons (Fsp3) is 0. The number of aromatic nitrogens is 1. The standard InChI is InChI=1S/C7H6N2O3/c1-2-5-3-4-6(10)7(8-5)9(11)12/h2-4,10H,1H2. The van der Waals surface area contributed by atoms with Crippen molar-refractivity contribution in [3.05, 3.63) is 34.5 Å². The summed E-state index contributed by atoms with van der Waals surface area (Å²) in [6, 6.07) is 2.65. The largest absolute Gasteiger partial charge is 0.501 e. The predicted molar refractivity (Wildman–Crippen MR) is 42.6 cm³/mol. The maximum atomic E-state index is 10.2. The van der Waals surface area contributed by atoms with Crippen LogP contribution in [-0.2, 0) is 0 Å². The van der Waals surface area contributed by atoms with E-state index in [9.17, 15) is 10.1 Å². The molecule has 1 aromatic rings. The molecule has 0 saturated heterocycles. The second-order valence-electron chi connectivity index (χ2n) is 2.04. The summed E-state index contributed by atoms with van der Waals surface area (Å²) in [5, 5.41) is 19.2. The minimum Gasteiger partial charge on any atom is -0.501 e. The summed E-state index contributed by atoms with van der Waals surface area (Å²) in [7, 11) is 0. The lowest BCUT2D eigenvalue weighted by Crippen LogP contribution is -1.93. The molecule has 62 valence electrons. The summed E-state index contributed by atoms with van der Waals surface area (Å²) in [4.78, 5) is 13.0. The average Bonchev–Trinajstić information content (AvgIpc) is 2.05. The Morgan fingerprint density at radius 1 is 1.67 bits per heavy atom. The molecule has 1 N–H and O–H groups in total. The van der Waals surface area contributed by atoms with Crippen LogP contribution in [0.3, 0.4) is 0 Å². The van der Waals surface area contributed by atoms with E-state index in [2.05, 4.69) is 11.6 Å². The van der Waals surface area contributed by atoms with Gasteiger partial charge in [0.2, 0.25) is 5.75 Å². The van der Waals surface area contributed by atoms with E-state index >= 15 is 0 Å². The number of nitro groups is 1. The molecule has 0 aliphatic rings. The number of nitrogens with zero attached hydrogens (tertiary/aromatic N) is 2. The molecule has 1 rings (SSSR count). The zero-order chi connectivity index (χ0) is 9.14. The highest BCUT2D eigenvalue weighted by molar-refractivity contribution is 5.48. The van der Waals surface area contributed by atoms with Gasteiger partial charge in [-0.2, -0.15) is 0 Å². The number of aromatic hydroxyl groups is 1. The molecule has 0 aliphatic carbocycles. The normalized spacial score (nSPS) is 9.33. The van der Waals surface area contributed by atoms with Crippen molar-refractivity contribution in [3.8, 4) is 5.75 Å². The van der Waals surface area contributed by atoms with Gasteiger partial charge in [0.15, 0.2) is 5.69 Å². The molecule has 0 spiro atoms. The SMILES string of the molecule is C=Cc1ccc(O)c([N+](=O)[O-])n1. The molecule has 0 saturated carbocycles. The van der Waals surface area contributed by atoms with Crippen LogP contribution in [0, 0.1) is 10.1 Å². The van der Waals surface area contributed by atoms with E-state index in [4.69, 9.17) is 5.11 Å². The third-order valence-corrected chi connectivity index (χ3v) is 1.26. The number of rotatable bonds is 2. The van der Waals surface area contributed by atoms with Crippen LogP contribution >= 0.6 is 0 Å². The van der Waals surface area contributed by atoms with E-state index in [1.165, 1.54) is 18.2 Å². The Kier molecular flexibility index (Phi) is 2.05. The zero-order valence-electron chi connectivity index (χ0n) is 6.10. The summed E-state index contributed by atoms with van der Waals surface area (Å²) in [5.41, 5.74) is 0.361. The molecule has 0 amide bonds. The van der Waals surface area contributed by atoms with Gasteiger partial charge in [-0.15, -0.1) is 0 Å². The summed E-state index contributed by atoms with van der Waals surface area (Å²) in [6.07, 6.45) is 1.37. The summed E-state index contributed by atoms with van der Waals surface area (Å²) in [6.45, 7) is 3.39. The van der Waals surface area contributed by atoms with Crippen molar-refractivity contribution in [2.75, 3.05) is 0 Å². The van der Waals surface area contributed by atoms with Crippen molar-refractivity contribution < 1.29 is 10.0 Å². The highest BCUT2D eigenvalue weighted by atomic mass is 16.6. The Morgan fingerprint density at radius 2 is 2.33 bits per heavy atom. The fourth-order valence-electron chi connectivity index (χ4n) is 0.704. The molecule has 0 aliphatic heterocycles. The fourth-order valence-corrected chi connectivity index (χ4v) is 0.704. The predicted octanol–water partition coefficient (Wildman–Crippen LogP) is 1.34. The molecule has 0 bridgehead atoms. The van der Waals surface area contributed by atoms with Crippen LogP contribution in [0.5, 0.6) is 5.75 Å². The third-order valence-electron chi connectivity index (χ3n) is 1.26. The third kappa shape index (κ3) is 1.39. The molecule has 12 heavy (non-hydrogen) atoms. The molecule has 1 aromatic heterocycles. The van der Waals surface area contributed by atoms with Crippen molar-refractivity contribution in [2.24, 2.45) is 0 Å².